The normalized spacial score (nSPS) is 11.2. The van der Waals surface area contributed by atoms with Crippen LogP contribution in [-0.2, 0) is 10.0 Å². The molecule has 1 amide bonds. The van der Waals surface area contributed by atoms with Gasteiger partial charge in [0.1, 0.15) is 17.1 Å². The van der Waals surface area contributed by atoms with Crippen molar-refractivity contribution in [3.05, 3.63) is 98.4 Å². The summed E-state index contributed by atoms with van der Waals surface area (Å²) < 4.78 is 39.7. The molecule has 0 atom stereocenters. The first kappa shape index (κ1) is 29.8. The molecule has 2 aromatic carbocycles. The number of aryl methyl sites for hydroxylation is 3. The van der Waals surface area contributed by atoms with E-state index < -0.39 is 26.4 Å². The number of ether oxygens (including phenoxy) is 2. The summed E-state index contributed by atoms with van der Waals surface area (Å²) in [4.78, 5) is 31.7. The summed E-state index contributed by atoms with van der Waals surface area (Å²) >= 11 is 6.68. The van der Waals surface area contributed by atoms with E-state index in [9.17, 15) is 18.0 Å². The van der Waals surface area contributed by atoms with Gasteiger partial charge in [-0.05, 0) is 68.7 Å². The molecule has 0 spiro atoms. The van der Waals surface area contributed by atoms with Crippen LogP contribution in [0.5, 0.6) is 17.4 Å². The van der Waals surface area contributed by atoms with Crippen LogP contribution in [0.2, 0.25) is 5.02 Å². The number of pyridine rings is 2. The van der Waals surface area contributed by atoms with Crippen molar-refractivity contribution in [1.29, 1.82) is 0 Å². The first-order valence-corrected chi connectivity index (χ1v) is 14.8. The summed E-state index contributed by atoms with van der Waals surface area (Å²) in [5.74, 6) is -0.194. The lowest BCUT2D eigenvalue weighted by atomic mass is 10.1. The van der Waals surface area contributed by atoms with Crippen molar-refractivity contribution < 1.29 is 22.7 Å². The van der Waals surface area contributed by atoms with Crippen molar-refractivity contribution in [3.8, 4) is 28.6 Å². The topological polar surface area (TPSA) is 127 Å². The number of benzene rings is 2. The second kappa shape index (κ2) is 12.6. The fourth-order valence-corrected chi connectivity index (χ4v) is 5.56. The van der Waals surface area contributed by atoms with E-state index in [4.69, 9.17) is 21.1 Å². The fraction of sp³-hybridized carbons (Fsp3) is 0.233. The van der Waals surface area contributed by atoms with Gasteiger partial charge in [-0.1, -0.05) is 54.8 Å². The molecule has 2 heterocycles. The molecule has 4 rings (SSSR count). The van der Waals surface area contributed by atoms with Gasteiger partial charge in [0.05, 0.1) is 17.3 Å². The third-order valence-corrected chi connectivity index (χ3v) is 7.95. The van der Waals surface area contributed by atoms with E-state index in [1.807, 2.05) is 37.6 Å². The monoisotopic (exact) mass is 595 g/mol. The lowest BCUT2D eigenvalue weighted by Crippen LogP contribution is -2.34. The lowest BCUT2D eigenvalue weighted by molar-refractivity contribution is 0.0978. The van der Waals surface area contributed by atoms with E-state index in [-0.39, 0.29) is 11.4 Å². The van der Waals surface area contributed by atoms with E-state index in [0.717, 1.165) is 35.6 Å². The Bertz CT molecular complexity index is 1750. The first-order chi connectivity index (χ1) is 19.5. The summed E-state index contributed by atoms with van der Waals surface area (Å²) in [5, 5.41) is 0.341. The number of carbonyl (C=O) groups excluding carboxylic acids is 1. The van der Waals surface area contributed by atoms with Gasteiger partial charge in [-0.15, -0.1) is 0 Å². The molecule has 41 heavy (non-hydrogen) atoms. The van der Waals surface area contributed by atoms with E-state index in [0.29, 0.717) is 34.4 Å². The highest BCUT2D eigenvalue weighted by Gasteiger charge is 2.26. The second-order valence-corrected chi connectivity index (χ2v) is 11.5. The van der Waals surface area contributed by atoms with Gasteiger partial charge in [-0.25, -0.2) is 18.1 Å². The van der Waals surface area contributed by atoms with Crippen LogP contribution in [0.4, 0.5) is 0 Å². The number of aromatic nitrogens is 2. The summed E-state index contributed by atoms with van der Waals surface area (Å²) in [6.45, 7) is 8.24. The molecular weight excluding hydrogens is 566 g/mol. The van der Waals surface area contributed by atoms with Crippen LogP contribution in [-0.4, -0.2) is 30.9 Å². The second-order valence-electron chi connectivity index (χ2n) is 9.50. The Kier molecular flexibility index (Phi) is 9.14. The van der Waals surface area contributed by atoms with Crippen molar-refractivity contribution in [2.24, 2.45) is 0 Å². The standard InChI is InChI=1S/C30H30ClN3O6S/c1-5-6-15-39-24-10-7-9-21(26(24)31)23-13-12-22(28(35)34-41(37,38)25-11-8-14-32-29(25)36)30(33-23)40-27-19(3)16-18(2)17-20(27)4/h7-14,16-17H,5-6,15H2,1-4H3,(H,32,36)(H,34,35). The Hall–Kier alpha value is -4.15. The number of rotatable bonds is 10. The highest BCUT2D eigenvalue weighted by Crippen LogP contribution is 2.37. The number of hydrogen-bond donors (Lipinski definition) is 2. The van der Waals surface area contributed by atoms with Crippen molar-refractivity contribution in [3.63, 3.8) is 0 Å². The van der Waals surface area contributed by atoms with Gasteiger partial charge < -0.3 is 14.5 Å². The number of aromatic amines is 1. The van der Waals surface area contributed by atoms with Gasteiger partial charge in [0.15, 0.2) is 4.90 Å². The minimum atomic E-state index is -4.50. The maximum absolute atomic E-state index is 13.3. The molecule has 4 aromatic rings. The molecule has 0 unspecified atom stereocenters. The fourth-order valence-electron chi connectivity index (χ4n) is 4.26. The predicted octanol–water partition coefficient (Wildman–Crippen LogP) is 6.11. The van der Waals surface area contributed by atoms with Crippen LogP contribution in [0.25, 0.3) is 11.3 Å². The van der Waals surface area contributed by atoms with Crippen molar-refractivity contribution >= 4 is 27.5 Å². The van der Waals surface area contributed by atoms with Crippen molar-refractivity contribution in [2.45, 2.75) is 45.4 Å². The number of nitrogens with one attached hydrogen (secondary N) is 2. The van der Waals surface area contributed by atoms with Gasteiger partial charge in [0.2, 0.25) is 5.88 Å². The van der Waals surface area contributed by atoms with Gasteiger partial charge in [-0.3, -0.25) is 9.59 Å². The predicted molar refractivity (Wildman–Crippen MR) is 158 cm³/mol. The zero-order valence-electron chi connectivity index (χ0n) is 23.1. The number of amides is 1. The molecule has 0 aliphatic carbocycles. The molecular formula is C30H30ClN3O6S. The van der Waals surface area contributed by atoms with Crippen LogP contribution >= 0.6 is 11.6 Å². The van der Waals surface area contributed by atoms with E-state index in [1.54, 1.807) is 18.2 Å². The third-order valence-electron chi connectivity index (χ3n) is 6.20. The molecule has 0 radical (unpaired) electrons. The van der Waals surface area contributed by atoms with Crippen LogP contribution in [0.15, 0.2) is 70.5 Å². The summed E-state index contributed by atoms with van der Waals surface area (Å²) in [6, 6.07) is 14.5. The molecule has 11 heteroatoms. The number of nitrogens with zero attached hydrogens (tertiary/aromatic N) is 1. The average Bonchev–Trinajstić information content (AvgIpc) is 2.91. The number of unbranched alkanes of at least 4 members (excludes halogenated alkanes) is 1. The molecule has 0 aliphatic heterocycles. The summed E-state index contributed by atoms with van der Waals surface area (Å²) in [7, 11) is -4.50. The average molecular weight is 596 g/mol. The first-order valence-electron chi connectivity index (χ1n) is 12.9. The number of hydrogen-bond acceptors (Lipinski definition) is 7. The highest BCUT2D eigenvalue weighted by molar-refractivity contribution is 7.90. The van der Waals surface area contributed by atoms with Crippen molar-refractivity contribution in [2.75, 3.05) is 6.61 Å². The molecule has 0 fully saturated rings. The molecule has 2 aromatic heterocycles. The van der Waals surface area contributed by atoms with Gasteiger partial charge in [-0.2, -0.15) is 0 Å². The Balaban J connectivity index is 1.79. The Labute approximate surface area is 243 Å². The smallest absolute Gasteiger partial charge is 0.270 e. The largest absolute Gasteiger partial charge is 0.492 e. The van der Waals surface area contributed by atoms with E-state index >= 15 is 0 Å². The molecule has 0 aliphatic rings. The highest BCUT2D eigenvalue weighted by atomic mass is 35.5. The van der Waals surface area contributed by atoms with E-state index in [2.05, 4.69) is 16.9 Å². The number of sulfonamides is 1. The Morgan fingerprint density at radius 2 is 1.78 bits per heavy atom. The molecule has 0 bridgehead atoms. The van der Waals surface area contributed by atoms with Gasteiger partial charge in [0, 0.05) is 11.8 Å². The molecule has 9 nitrogen and oxygen atoms in total. The minimum absolute atomic E-state index is 0.138. The molecule has 0 saturated carbocycles. The zero-order chi connectivity index (χ0) is 29.7. The maximum atomic E-state index is 13.3. The Morgan fingerprint density at radius 3 is 2.46 bits per heavy atom. The van der Waals surface area contributed by atoms with Crippen LogP contribution < -0.4 is 19.8 Å². The quantitative estimate of drug-likeness (QED) is 0.212. The summed E-state index contributed by atoms with van der Waals surface area (Å²) in [6.07, 6.45) is 3.13. The van der Waals surface area contributed by atoms with Crippen LogP contribution in [0, 0.1) is 20.8 Å². The number of carbonyl (C=O) groups is 1. The molecule has 214 valence electrons. The molecule has 0 saturated heterocycles. The van der Waals surface area contributed by atoms with E-state index in [1.165, 1.54) is 24.4 Å². The number of halogens is 1. The maximum Gasteiger partial charge on any atom is 0.270 e. The third kappa shape index (κ3) is 6.78. The minimum Gasteiger partial charge on any atom is -0.492 e. The van der Waals surface area contributed by atoms with Gasteiger partial charge >= 0.3 is 0 Å². The van der Waals surface area contributed by atoms with Gasteiger partial charge in [0.25, 0.3) is 21.5 Å². The van der Waals surface area contributed by atoms with Crippen LogP contribution in [0.1, 0.15) is 46.8 Å². The number of H-pyrrole nitrogens is 1. The van der Waals surface area contributed by atoms with Crippen LogP contribution in [0.3, 0.4) is 0 Å². The Morgan fingerprint density at radius 1 is 1.05 bits per heavy atom. The lowest BCUT2D eigenvalue weighted by Gasteiger charge is -2.16. The molecule has 2 N–H and O–H groups in total. The van der Waals surface area contributed by atoms with Crippen molar-refractivity contribution in [1.82, 2.24) is 14.7 Å². The summed E-state index contributed by atoms with van der Waals surface area (Å²) in [5.41, 5.74) is 2.53. The zero-order valence-corrected chi connectivity index (χ0v) is 24.7. The SMILES string of the molecule is CCCCOc1cccc(-c2ccc(C(=O)NS(=O)(=O)c3ccc[nH]c3=O)c(Oc3c(C)cc(C)cc3C)n2)c1Cl.